The molecule has 0 radical (unpaired) electrons. The van der Waals surface area contributed by atoms with Crippen LogP contribution in [0.5, 0.6) is 0 Å². The first-order valence-electron chi connectivity index (χ1n) is 5.31. The van der Waals surface area contributed by atoms with Crippen molar-refractivity contribution >= 4 is 6.85 Å². The molecule has 1 aliphatic rings. The standard InChI is InChI=1S/C10H22BN/c1-6-7-10-8(2)9(3)12(5)11(10)4/h8-10H,6-7H2,1-5H3. The van der Waals surface area contributed by atoms with Crippen LogP contribution >= 0.6 is 0 Å². The molecule has 1 heterocycles. The summed E-state index contributed by atoms with van der Waals surface area (Å²) in [5.74, 6) is 1.81. The van der Waals surface area contributed by atoms with Crippen LogP contribution in [0.4, 0.5) is 0 Å². The molecule has 0 aliphatic carbocycles. The summed E-state index contributed by atoms with van der Waals surface area (Å²) in [7, 11) is 2.27. The quantitative estimate of drug-likeness (QED) is 0.571. The van der Waals surface area contributed by atoms with Crippen LogP contribution in [0, 0.1) is 5.92 Å². The number of hydrogen-bond donors (Lipinski definition) is 0. The lowest BCUT2D eigenvalue weighted by Gasteiger charge is -2.19. The number of nitrogens with zero attached hydrogens (tertiary/aromatic N) is 1. The van der Waals surface area contributed by atoms with Gasteiger partial charge in [0.15, 0.2) is 0 Å². The summed E-state index contributed by atoms with van der Waals surface area (Å²) >= 11 is 0. The van der Waals surface area contributed by atoms with Crippen LogP contribution in [-0.2, 0) is 0 Å². The molecule has 1 fully saturated rings. The topological polar surface area (TPSA) is 3.24 Å². The van der Waals surface area contributed by atoms with Crippen LogP contribution < -0.4 is 0 Å². The van der Waals surface area contributed by atoms with Gasteiger partial charge in [-0.3, -0.25) is 0 Å². The van der Waals surface area contributed by atoms with E-state index >= 15 is 0 Å². The zero-order valence-electron chi connectivity index (χ0n) is 9.17. The Bertz CT molecular complexity index is 135. The second kappa shape index (κ2) is 3.82. The van der Waals surface area contributed by atoms with Crippen molar-refractivity contribution in [3.05, 3.63) is 0 Å². The molecule has 2 heteroatoms. The molecule has 70 valence electrons. The molecule has 3 unspecified atom stereocenters. The van der Waals surface area contributed by atoms with Crippen LogP contribution in [0.25, 0.3) is 0 Å². The van der Waals surface area contributed by atoms with Crippen molar-refractivity contribution in [2.45, 2.75) is 52.3 Å². The maximum absolute atomic E-state index is 2.53. The third kappa shape index (κ3) is 1.54. The first kappa shape index (κ1) is 10.1. The lowest BCUT2D eigenvalue weighted by molar-refractivity contribution is 0.344. The van der Waals surface area contributed by atoms with Gasteiger partial charge in [0.05, 0.1) is 0 Å². The molecule has 1 rings (SSSR count). The first-order valence-corrected chi connectivity index (χ1v) is 5.31. The van der Waals surface area contributed by atoms with E-state index in [1.165, 1.54) is 12.8 Å². The smallest absolute Gasteiger partial charge is 0.223 e. The molecule has 0 N–H and O–H groups in total. The molecular formula is C10H22BN. The van der Waals surface area contributed by atoms with Gasteiger partial charge in [0.1, 0.15) is 0 Å². The summed E-state index contributed by atoms with van der Waals surface area (Å²) < 4.78 is 0. The van der Waals surface area contributed by atoms with Gasteiger partial charge < -0.3 is 4.81 Å². The minimum absolute atomic E-state index is 0.775. The first-order chi connectivity index (χ1) is 5.59. The van der Waals surface area contributed by atoms with Gasteiger partial charge in [-0.1, -0.05) is 40.4 Å². The molecule has 1 nitrogen and oxygen atoms in total. The molecule has 0 aromatic heterocycles. The van der Waals surface area contributed by atoms with Gasteiger partial charge in [-0.15, -0.1) is 0 Å². The summed E-state index contributed by atoms with van der Waals surface area (Å²) in [6.45, 7) is 10.2. The molecular weight excluding hydrogens is 145 g/mol. The van der Waals surface area contributed by atoms with E-state index in [9.17, 15) is 0 Å². The minimum Gasteiger partial charge on any atom is -0.342 e. The molecule has 0 aromatic carbocycles. The van der Waals surface area contributed by atoms with Gasteiger partial charge in [0.25, 0.3) is 0 Å². The van der Waals surface area contributed by atoms with E-state index in [1.807, 2.05) is 0 Å². The molecule has 12 heavy (non-hydrogen) atoms. The zero-order chi connectivity index (χ0) is 9.30. The Labute approximate surface area is 77.6 Å². The fraction of sp³-hybridized carbons (Fsp3) is 1.00. The summed E-state index contributed by atoms with van der Waals surface area (Å²) in [5, 5.41) is 0. The van der Waals surface area contributed by atoms with Crippen LogP contribution in [-0.4, -0.2) is 24.7 Å². The van der Waals surface area contributed by atoms with Crippen molar-refractivity contribution in [3.63, 3.8) is 0 Å². The largest absolute Gasteiger partial charge is 0.342 e. The van der Waals surface area contributed by atoms with Crippen molar-refractivity contribution in [1.29, 1.82) is 0 Å². The fourth-order valence-corrected chi connectivity index (χ4v) is 2.68. The molecule has 1 saturated heterocycles. The third-order valence-electron chi connectivity index (χ3n) is 3.96. The monoisotopic (exact) mass is 167 g/mol. The van der Waals surface area contributed by atoms with Crippen molar-refractivity contribution in [1.82, 2.24) is 4.81 Å². The fourth-order valence-electron chi connectivity index (χ4n) is 2.68. The second-order valence-corrected chi connectivity index (χ2v) is 4.46. The summed E-state index contributed by atoms with van der Waals surface area (Å²) in [5.41, 5.74) is 0. The molecule has 0 saturated carbocycles. The molecule has 0 aromatic rings. The van der Waals surface area contributed by atoms with Crippen LogP contribution in [0.3, 0.4) is 0 Å². The predicted molar refractivity (Wildman–Crippen MR) is 56.7 cm³/mol. The van der Waals surface area contributed by atoms with Crippen molar-refractivity contribution < 1.29 is 0 Å². The highest BCUT2D eigenvalue weighted by Gasteiger charge is 2.41. The molecule has 0 bridgehead atoms. The van der Waals surface area contributed by atoms with Gasteiger partial charge in [-0.05, 0) is 24.8 Å². The summed E-state index contributed by atoms with van der Waals surface area (Å²) in [6, 6.07) is 0.775. The van der Waals surface area contributed by atoms with E-state index in [0.29, 0.717) is 0 Å². The van der Waals surface area contributed by atoms with E-state index in [1.54, 1.807) is 0 Å². The molecule has 0 amide bonds. The lowest BCUT2D eigenvalue weighted by Crippen LogP contribution is -2.33. The second-order valence-electron chi connectivity index (χ2n) is 4.46. The average molecular weight is 167 g/mol. The van der Waals surface area contributed by atoms with Crippen molar-refractivity contribution in [3.8, 4) is 0 Å². The lowest BCUT2D eigenvalue weighted by atomic mass is 9.51. The maximum atomic E-state index is 2.53. The summed E-state index contributed by atoms with van der Waals surface area (Å²) in [6.07, 6.45) is 2.73. The normalized spacial score (nSPS) is 37.8. The molecule has 0 spiro atoms. The Morgan fingerprint density at radius 1 is 1.33 bits per heavy atom. The maximum Gasteiger partial charge on any atom is 0.223 e. The van der Waals surface area contributed by atoms with Gasteiger partial charge in [-0.2, -0.15) is 0 Å². The highest BCUT2D eigenvalue weighted by Crippen LogP contribution is 2.39. The molecule has 1 aliphatic heterocycles. The van der Waals surface area contributed by atoms with E-state index in [4.69, 9.17) is 0 Å². The van der Waals surface area contributed by atoms with E-state index in [-0.39, 0.29) is 0 Å². The van der Waals surface area contributed by atoms with Crippen LogP contribution in [0.15, 0.2) is 0 Å². The van der Waals surface area contributed by atoms with Crippen molar-refractivity contribution in [2.75, 3.05) is 7.05 Å². The van der Waals surface area contributed by atoms with Gasteiger partial charge in [0, 0.05) is 0 Å². The van der Waals surface area contributed by atoms with E-state index in [0.717, 1.165) is 24.6 Å². The highest BCUT2D eigenvalue weighted by molar-refractivity contribution is 6.57. The Kier molecular flexibility index (Phi) is 3.22. The van der Waals surface area contributed by atoms with Gasteiger partial charge >= 0.3 is 0 Å². The highest BCUT2D eigenvalue weighted by atomic mass is 15.1. The third-order valence-corrected chi connectivity index (χ3v) is 3.96. The average Bonchev–Trinajstić information content (AvgIpc) is 2.23. The SMILES string of the molecule is CCCC1B(C)N(C)C(C)C1C. The van der Waals surface area contributed by atoms with Gasteiger partial charge in [0.2, 0.25) is 6.85 Å². The van der Waals surface area contributed by atoms with Crippen LogP contribution in [0.1, 0.15) is 33.6 Å². The number of rotatable bonds is 2. The van der Waals surface area contributed by atoms with Crippen molar-refractivity contribution in [2.24, 2.45) is 5.92 Å². The Morgan fingerprint density at radius 3 is 2.25 bits per heavy atom. The van der Waals surface area contributed by atoms with Gasteiger partial charge in [-0.25, -0.2) is 0 Å². The van der Waals surface area contributed by atoms with E-state index in [2.05, 4.69) is 39.5 Å². The Balaban J connectivity index is 2.62. The Hall–Kier alpha value is 0.0249. The number of hydrogen-bond acceptors (Lipinski definition) is 1. The predicted octanol–water partition coefficient (Wildman–Crippen LogP) is 2.75. The summed E-state index contributed by atoms with van der Waals surface area (Å²) in [4.78, 5) is 2.53. The molecule has 3 atom stereocenters. The zero-order valence-corrected chi connectivity index (χ0v) is 9.17. The Morgan fingerprint density at radius 2 is 1.92 bits per heavy atom. The minimum atomic E-state index is 0.775. The van der Waals surface area contributed by atoms with E-state index < -0.39 is 0 Å². The van der Waals surface area contributed by atoms with Crippen LogP contribution in [0.2, 0.25) is 12.6 Å².